The second kappa shape index (κ2) is 7.58. The van der Waals surface area contributed by atoms with Crippen molar-refractivity contribution in [1.82, 2.24) is 9.21 Å². The van der Waals surface area contributed by atoms with Gasteiger partial charge in [0.2, 0.25) is 15.9 Å². The predicted molar refractivity (Wildman–Crippen MR) is 106 cm³/mol. The van der Waals surface area contributed by atoms with Crippen LogP contribution in [-0.4, -0.2) is 67.8 Å². The lowest BCUT2D eigenvalue weighted by molar-refractivity contribution is -0.134. The molecule has 0 atom stereocenters. The molecule has 2 fully saturated rings. The van der Waals surface area contributed by atoms with Crippen LogP contribution < -0.4 is 15.8 Å². The summed E-state index contributed by atoms with van der Waals surface area (Å²) in [6.45, 7) is 1.97. The first kappa shape index (κ1) is 20.1. The maximum atomic E-state index is 13.1. The lowest BCUT2D eigenvalue weighted by Crippen LogP contribution is -2.63. The van der Waals surface area contributed by atoms with Crippen LogP contribution in [-0.2, 0) is 19.6 Å². The summed E-state index contributed by atoms with van der Waals surface area (Å²) in [4.78, 5) is 26.0. The van der Waals surface area contributed by atoms with Gasteiger partial charge in [0.05, 0.1) is 10.6 Å². The molecule has 0 bridgehead atoms. The third-order valence-electron chi connectivity index (χ3n) is 6.19. The van der Waals surface area contributed by atoms with Crippen molar-refractivity contribution in [3.8, 4) is 5.75 Å². The molecule has 2 saturated heterocycles. The number of fused-ring (bicyclic) bond motifs is 1. The number of benzene rings is 1. The molecule has 3 aliphatic rings. The topological polar surface area (TPSA) is 122 Å². The van der Waals surface area contributed by atoms with E-state index in [0.29, 0.717) is 24.3 Å². The molecule has 0 saturated carbocycles. The van der Waals surface area contributed by atoms with Gasteiger partial charge in [-0.2, -0.15) is 4.31 Å². The molecule has 3 N–H and O–H groups in total. The van der Waals surface area contributed by atoms with Crippen molar-refractivity contribution >= 4 is 27.5 Å². The van der Waals surface area contributed by atoms with Gasteiger partial charge in [-0.05, 0) is 50.9 Å². The lowest BCUT2D eigenvalue weighted by Gasteiger charge is -2.47. The van der Waals surface area contributed by atoms with Crippen LogP contribution in [0.3, 0.4) is 0 Å². The average Bonchev–Trinajstić information content (AvgIpc) is 2.73. The van der Waals surface area contributed by atoms with Crippen LogP contribution in [0, 0.1) is 0 Å². The molecule has 0 spiro atoms. The molecule has 0 aromatic heterocycles. The van der Waals surface area contributed by atoms with Crippen molar-refractivity contribution in [2.24, 2.45) is 5.73 Å². The van der Waals surface area contributed by atoms with E-state index < -0.39 is 15.6 Å². The zero-order valence-corrected chi connectivity index (χ0v) is 17.0. The summed E-state index contributed by atoms with van der Waals surface area (Å²) < 4.78 is 33.0. The fourth-order valence-corrected chi connectivity index (χ4v) is 5.96. The van der Waals surface area contributed by atoms with Crippen LogP contribution in [0.25, 0.3) is 0 Å². The molecule has 29 heavy (non-hydrogen) atoms. The SMILES string of the molecule is NC(=O)C1(N2CCCCC2)CCN(S(=O)(=O)c2ccc3c(c2)OCC(=O)N3)CC1. The van der Waals surface area contributed by atoms with Gasteiger partial charge in [-0.25, -0.2) is 8.42 Å². The van der Waals surface area contributed by atoms with E-state index in [0.717, 1.165) is 32.4 Å². The Bertz CT molecular complexity index is 919. The molecular weight excluding hydrogens is 396 g/mol. The van der Waals surface area contributed by atoms with Crippen molar-refractivity contribution in [2.45, 2.75) is 42.5 Å². The molecule has 2 amide bonds. The standard InChI is InChI=1S/C19H26N4O5S/c20-18(25)19(22-8-2-1-3-9-22)6-10-23(11-7-19)29(26,27)14-4-5-15-16(12-14)28-13-17(24)21-15/h4-5,12H,1-3,6-11,13H2,(H2,20,25)(H,21,24). The Morgan fingerprint density at radius 3 is 2.45 bits per heavy atom. The molecule has 3 aliphatic heterocycles. The van der Waals surface area contributed by atoms with Crippen molar-refractivity contribution in [1.29, 1.82) is 0 Å². The fourth-order valence-electron chi connectivity index (χ4n) is 4.50. The van der Waals surface area contributed by atoms with Gasteiger partial charge in [0, 0.05) is 19.2 Å². The van der Waals surface area contributed by atoms with E-state index in [2.05, 4.69) is 10.2 Å². The molecule has 1 aromatic carbocycles. The van der Waals surface area contributed by atoms with Crippen LogP contribution in [0.2, 0.25) is 0 Å². The first-order valence-electron chi connectivity index (χ1n) is 9.95. The predicted octanol–water partition coefficient (Wildman–Crippen LogP) is 0.512. The number of sulfonamides is 1. The Hall–Kier alpha value is -2.17. The minimum absolute atomic E-state index is 0.108. The number of hydrogen-bond acceptors (Lipinski definition) is 6. The molecular formula is C19H26N4O5S. The number of rotatable bonds is 4. The first-order chi connectivity index (χ1) is 13.8. The maximum Gasteiger partial charge on any atom is 0.262 e. The molecule has 0 radical (unpaired) electrons. The van der Waals surface area contributed by atoms with Crippen LogP contribution in [0.15, 0.2) is 23.1 Å². The van der Waals surface area contributed by atoms with Gasteiger partial charge in [0.1, 0.15) is 11.3 Å². The molecule has 10 heteroatoms. The van der Waals surface area contributed by atoms with Crippen LogP contribution in [0.4, 0.5) is 5.69 Å². The Morgan fingerprint density at radius 1 is 1.10 bits per heavy atom. The minimum atomic E-state index is -3.75. The quantitative estimate of drug-likeness (QED) is 0.729. The van der Waals surface area contributed by atoms with Crippen LogP contribution in [0.1, 0.15) is 32.1 Å². The van der Waals surface area contributed by atoms with E-state index >= 15 is 0 Å². The Morgan fingerprint density at radius 2 is 1.79 bits per heavy atom. The van der Waals surface area contributed by atoms with E-state index in [9.17, 15) is 18.0 Å². The molecule has 0 unspecified atom stereocenters. The monoisotopic (exact) mass is 422 g/mol. The highest BCUT2D eigenvalue weighted by Crippen LogP contribution is 2.35. The van der Waals surface area contributed by atoms with Crippen molar-refractivity contribution < 1.29 is 22.7 Å². The average molecular weight is 423 g/mol. The van der Waals surface area contributed by atoms with E-state index in [1.165, 1.54) is 22.5 Å². The summed E-state index contributed by atoms with van der Waals surface area (Å²) in [6.07, 6.45) is 3.98. The van der Waals surface area contributed by atoms with Gasteiger partial charge in [-0.15, -0.1) is 0 Å². The molecule has 3 heterocycles. The number of piperidine rings is 2. The number of primary amides is 1. The first-order valence-corrected chi connectivity index (χ1v) is 11.4. The van der Waals surface area contributed by atoms with Crippen molar-refractivity contribution in [3.63, 3.8) is 0 Å². The number of ether oxygens (including phenoxy) is 1. The fraction of sp³-hybridized carbons (Fsp3) is 0.579. The Kier molecular flexibility index (Phi) is 5.26. The summed E-state index contributed by atoms with van der Waals surface area (Å²) in [7, 11) is -3.75. The van der Waals surface area contributed by atoms with E-state index in [4.69, 9.17) is 10.5 Å². The van der Waals surface area contributed by atoms with Gasteiger partial charge in [-0.3, -0.25) is 14.5 Å². The minimum Gasteiger partial charge on any atom is -0.482 e. The number of likely N-dealkylation sites (tertiary alicyclic amines) is 1. The Labute approximate surface area is 170 Å². The van der Waals surface area contributed by atoms with Gasteiger partial charge < -0.3 is 15.8 Å². The highest BCUT2D eigenvalue weighted by molar-refractivity contribution is 7.89. The van der Waals surface area contributed by atoms with E-state index in [1.807, 2.05) is 0 Å². The summed E-state index contributed by atoms with van der Waals surface area (Å²) in [6, 6.07) is 4.43. The molecule has 0 aliphatic carbocycles. The van der Waals surface area contributed by atoms with Gasteiger partial charge >= 0.3 is 0 Å². The number of anilines is 1. The third-order valence-corrected chi connectivity index (χ3v) is 8.09. The highest BCUT2D eigenvalue weighted by Gasteiger charge is 2.47. The smallest absolute Gasteiger partial charge is 0.262 e. The molecule has 9 nitrogen and oxygen atoms in total. The summed E-state index contributed by atoms with van der Waals surface area (Å²) in [5.41, 5.74) is 5.47. The second-order valence-electron chi connectivity index (χ2n) is 7.84. The summed E-state index contributed by atoms with van der Waals surface area (Å²) >= 11 is 0. The second-order valence-corrected chi connectivity index (χ2v) is 9.78. The zero-order valence-electron chi connectivity index (χ0n) is 16.2. The molecule has 158 valence electrons. The largest absolute Gasteiger partial charge is 0.482 e. The zero-order chi connectivity index (χ0) is 20.6. The third kappa shape index (κ3) is 3.60. The Balaban J connectivity index is 1.52. The highest BCUT2D eigenvalue weighted by atomic mass is 32.2. The number of nitrogens with one attached hydrogen (secondary N) is 1. The van der Waals surface area contributed by atoms with Gasteiger partial charge in [-0.1, -0.05) is 6.42 Å². The maximum absolute atomic E-state index is 13.1. The van der Waals surface area contributed by atoms with E-state index in [1.54, 1.807) is 0 Å². The number of amides is 2. The summed E-state index contributed by atoms with van der Waals surface area (Å²) in [5, 5.41) is 2.65. The van der Waals surface area contributed by atoms with Crippen molar-refractivity contribution in [2.75, 3.05) is 38.1 Å². The van der Waals surface area contributed by atoms with Crippen molar-refractivity contribution in [3.05, 3.63) is 18.2 Å². The number of hydrogen-bond donors (Lipinski definition) is 2. The lowest BCUT2D eigenvalue weighted by atomic mass is 9.84. The summed E-state index contributed by atoms with van der Waals surface area (Å²) in [5.74, 6) is -0.304. The normalized spacial score (nSPS) is 23.0. The number of carbonyl (C=O) groups excluding carboxylic acids is 2. The molecule has 4 rings (SSSR count). The molecule has 1 aromatic rings. The number of carbonyl (C=O) groups is 2. The number of nitrogens with two attached hydrogens (primary N) is 1. The van der Waals surface area contributed by atoms with Gasteiger partial charge in [0.15, 0.2) is 6.61 Å². The number of nitrogens with zero attached hydrogens (tertiary/aromatic N) is 2. The van der Waals surface area contributed by atoms with Gasteiger partial charge in [0.25, 0.3) is 5.91 Å². The van der Waals surface area contributed by atoms with Crippen LogP contribution in [0.5, 0.6) is 5.75 Å². The van der Waals surface area contributed by atoms with Crippen LogP contribution >= 0.6 is 0 Å². The van der Waals surface area contributed by atoms with E-state index in [-0.39, 0.29) is 36.4 Å².